The van der Waals surface area contributed by atoms with Gasteiger partial charge in [0.2, 0.25) is 0 Å². The third-order valence-corrected chi connectivity index (χ3v) is 4.60. The molecule has 1 heterocycles. The summed E-state index contributed by atoms with van der Waals surface area (Å²) >= 11 is 3.30. The molecule has 0 unspecified atom stereocenters. The molecule has 0 saturated carbocycles. The lowest BCUT2D eigenvalue weighted by Gasteiger charge is -2.13. The molecule has 1 aromatic carbocycles. The van der Waals surface area contributed by atoms with Gasteiger partial charge in [0.05, 0.1) is 5.69 Å². The largest absolute Gasteiger partial charge is 0.486 e. The molecule has 0 spiro atoms. The molecule has 4 nitrogen and oxygen atoms in total. The maximum absolute atomic E-state index is 11.7. The van der Waals surface area contributed by atoms with Gasteiger partial charge in [-0.25, -0.2) is 8.42 Å². The Hall–Kier alpha value is -1.11. The van der Waals surface area contributed by atoms with Crippen LogP contribution in [0.5, 0.6) is 5.75 Å². The quantitative estimate of drug-likeness (QED) is 0.741. The minimum Gasteiger partial charge on any atom is -0.486 e. The van der Waals surface area contributed by atoms with E-state index in [1.54, 1.807) is 26.1 Å². The van der Waals surface area contributed by atoms with Crippen LogP contribution < -0.4 is 4.74 Å². The summed E-state index contributed by atoms with van der Waals surface area (Å²) < 4.78 is 29.9. The number of rotatable bonds is 4. The van der Waals surface area contributed by atoms with E-state index in [0.29, 0.717) is 11.3 Å². The molecule has 2 aromatic rings. The summed E-state index contributed by atoms with van der Waals surface area (Å²) in [4.78, 5) is 4.16. The Bertz CT molecular complexity index is 761. The first kappa shape index (κ1) is 16.3. The lowest BCUT2D eigenvalue weighted by atomic mass is 10.1. The van der Waals surface area contributed by atoms with E-state index in [1.165, 1.54) is 6.07 Å². The molecule has 1 aromatic heterocycles. The molecule has 7 heteroatoms. The number of benzene rings is 1. The van der Waals surface area contributed by atoms with Gasteiger partial charge in [0.25, 0.3) is 9.05 Å². The third kappa shape index (κ3) is 4.18. The Morgan fingerprint density at radius 2 is 2.00 bits per heavy atom. The highest BCUT2D eigenvalue weighted by molar-refractivity contribution is 9.10. The standard InChI is InChI=1S/C14H13BrClNO3S/c1-9-5-10(2)14(13(6-9)21(16,18)19)20-8-12-4-3-11(15)7-17-12/h3-7H,8H2,1-2H3. The summed E-state index contributed by atoms with van der Waals surface area (Å²) in [7, 11) is 1.61. The van der Waals surface area contributed by atoms with E-state index in [9.17, 15) is 8.42 Å². The van der Waals surface area contributed by atoms with Gasteiger partial charge in [-0.05, 0) is 59.1 Å². The van der Waals surface area contributed by atoms with Crippen molar-refractivity contribution < 1.29 is 13.2 Å². The monoisotopic (exact) mass is 389 g/mol. The number of aryl methyl sites for hydroxylation is 2. The summed E-state index contributed by atoms with van der Waals surface area (Å²) in [5, 5.41) is 0. The van der Waals surface area contributed by atoms with Crippen LogP contribution in [0.3, 0.4) is 0 Å². The average molecular weight is 391 g/mol. The second-order valence-corrected chi connectivity index (χ2v) is 8.05. The Kier molecular flexibility index (Phi) is 4.91. The SMILES string of the molecule is Cc1cc(C)c(OCc2ccc(Br)cn2)c(S(=O)(=O)Cl)c1. The topological polar surface area (TPSA) is 56.3 Å². The van der Waals surface area contributed by atoms with E-state index in [2.05, 4.69) is 20.9 Å². The molecular weight excluding hydrogens is 378 g/mol. The minimum atomic E-state index is -3.87. The number of hydrogen-bond acceptors (Lipinski definition) is 4. The van der Waals surface area contributed by atoms with Crippen molar-refractivity contribution in [3.63, 3.8) is 0 Å². The second-order valence-electron chi connectivity index (χ2n) is 4.60. The Morgan fingerprint density at radius 3 is 2.57 bits per heavy atom. The number of aromatic nitrogens is 1. The van der Waals surface area contributed by atoms with Crippen LogP contribution in [0.15, 0.2) is 39.8 Å². The van der Waals surface area contributed by atoms with Crippen LogP contribution >= 0.6 is 26.6 Å². The van der Waals surface area contributed by atoms with Crippen molar-refractivity contribution in [3.05, 3.63) is 51.8 Å². The van der Waals surface area contributed by atoms with E-state index >= 15 is 0 Å². The summed E-state index contributed by atoms with van der Waals surface area (Å²) in [6, 6.07) is 6.98. The number of hydrogen-bond donors (Lipinski definition) is 0. The first-order valence-corrected chi connectivity index (χ1v) is 9.17. The fourth-order valence-electron chi connectivity index (χ4n) is 1.92. The van der Waals surface area contributed by atoms with E-state index in [0.717, 1.165) is 10.0 Å². The lowest BCUT2D eigenvalue weighted by molar-refractivity contribution is 0.291. The Balaban J connectivity index is 2.33. The third-order valence-electron chi connectivity index (χ3n) is 2.80. The van der Waals surface area contributed by atoms with Crippen molar-refractivity contribution in [2.24, 2.45) is 0 Å². The molecule has 0 bridgehead atoms. The molecule has 0 amide bonds. The van der Waals surface area contributed by atoms with Crippen LogP contribution in [0.25, 0.3) is 0 Å². The Morgan fingerprint density at radius 1 is 1.29 bits per heavy atom. The fraction of sp³-hybridized carbons (Fsp3) is 0.214. The van der Waals surface area contributed by atoms with Crippen LogP contribution in [-0.2, 0) is 15.7 Å². The summed E-state index contributed by atoms with van der Waals surface area (Å²) in [5.74, 6) is 0.264. The fourth-order valence-corrected chi connectivity index (χ4v) is 3.27. The van der Waals surface area contributed by atoms with Gasteiger partial charge in [0.15, 0.2) is 0 Å². The lowest BCUT2D eigenvalue weighted by Crippen LogP contribution is -2.04. The van der Waals surface area contributed by atoms with Crippen molar-refractivity contribution >= 4 is 35.7 Å². The van der Waals surface area contributed by atoms with Gasteiger partial charge in [0, 0.05) is 21.4 Å². The second kappa shape index (κ2) is 6.34. The van der Waals surface area contributed by atoms with Crippen LogP contribution in [-0.4, -0.2) is 13.4 Å². The number of nitrogens with zero attached hydrogens (tertiary/aromatic N) is 1. The predicted octanol–water partition coefficient (Wildman–Crippen LogP) is 3.97. The van der Waals surface area contributed by atoms with Crippen molar-refractivity contribution in [1.82, 2.24) is 4.98 Å². The molecule has 0 radical (unpaired) electrons. The van der Waals surface area contributed by atoms with Crippen LogP contribution in [0, 0.1) is 13.8 Å². The van der Waals surface area contributed by atoms with Gasteiger partial charge < -0.3 is 4.74 Å². The highest BCUT2D eigenvalue weighted by atomic mass is 79.9. The van der Waals surface area contributed by atoms with E-state index in [-0.39, 0.29) is 17.3 Å². The van der Waals surface area contributed by atoms with Crippen molar-refractivity contribution in [2.75, 3.05) is 0 Å². The van der Waals surface area contributed by atoms with Crippen LogP contribution in [0.1, 0.15) is 16.8 Å². The van der Waals surface area contributed by atoms with E-state index in [1.807, 2.05) is 12.1 Å². The van der Waals surface area contributed by atoms with Gasteiger partial charge in [0.1, 0.15) is 17.3 Å². The van der Waals surface area contributed by atoms with Gasteiger partial charge in [-0.15, -0.1) is 0 Å². The summed E-state index contributed by atoms with van der Waals surface area (Å²) in [5.41, 5.74) is 2.21. The van der Waals surface area contributed by atoms with Gasteiger partial charge >= 0.3 is 0 Å². The Labute approximate surface area is 136 Å². The summed E-state index contributed by atoms with van der Waals surface area (Å²) in [6.07, 6.45) is 1.65. The van der Waals surface area contributed by atoms with Gasteiger partial charge in [-0.1, -0.05) is 6.07 Å². The van der Waals surface area contributed by atoms with E-state index < -0.39 is 9.05 Å². The molecule has 0 aliphatic heterocycles. The molecular formula is C14H13BrClNO3S. The first-order valence-electron chi connectivity index (χ1n) is 6.06. The molecule has 0 aliphatic carbocycles. The first-order chi connectivity index (χ1) is 9.77. The molecule has 0 N–H and O–H groups in total. The van der Waals surface area contributed by atoms with Gasteiger partial charge in [-0.3, -0.25) is 4.98 Å². The molecule has 0 aliphatic rings. The zero-order valence-electron chi connectivity index (χ0n) is 11.4. The molecule has 21 heavy (non-hydrogen) atoms. The number of halogens is 2. The molecule has 112 valence electrons. The van der Waals surface area contributed by atoms with Gasteiger partial charge in [-0.2, -0.15) is 0 Å². The predicted molar refractivity (Wildman–Crippen MR) is 85.2 cm³/mol. The smallest absolute Gasteiger partial charge is 0.265 e. The summed E-state index contributed by atoms with van der Waals surface area (Å²) in [6.45, 7) is 3.75. The normalized spacial score (nSPS) is 11.4. The molecule has 0 saturated heterocycles. The minimum absolute atomic E-state index is 0.0150. The highest BCUT2D eigenvalue weighted by Crippen LogP contribution is 2.32. The number of ether oxygens (including phenoxy) is 1. The molecule has 0 fully saturated rings. The van der Waals surface area contributed by atoms with Crippen molar-refractivity contribution in [1.29, 1.82) is 0 Å². The van der Waals surface area contributed by atoms with Crippen LogP contribution in [0.2, 0.25) is 0 Å². The zero-order valence-corrected chi connectivity index (χ0v) is 14.6. The van der Waals surface area contributed by atoms with E-state index in [4.69, 9.17) is 15.4 Å². The van der Waals surface area contributed by atoms with Crippen molar-refractivity contribution in [3.8, 4) is 5.75 Å². The van der Waals surface area contributed by atoms with Crippen molar-refractivity contribution in [2.45, 2.75) is 25.3 Å². The molecule has 0 atom stereocenters. The number of pyridine rings is 1. The zero-order chi connectivity index (χ0) is 15.6. The average Bonchev–Trinajstić information content (AvgIpc) is 2.38. The maximum Gasteiger partial charge on any atom is 0.265 e. The molecule has 2 rings (SSSR count). The highest BCUT2D eigenvalue weighted by Gasteiger charge is 2.19. The maximum atomic E-state index is 11.7. The van der Waals surface area contributed by atoms with Crippen LogP contribution in [0.4, 0.5) is 0 Å².